The Morgan fingerprint density at radius 3 is 2.26 bits per heavy atom. The van der Waals surface area contributed by atoms with Crippen molar-refractivity contribution in [3.63, 3.8) is 0 Å². The highest BCUT2D eigenvalue weighted by molar-refractivity contribution is 6.62. The number of aryl methyl sites for hydroxylation is 1. The van der Waals surface area contributed by atoms with Crippen LogP contribution in [0.15, 0.2) is 18.2 Å². The largest absolute Gasteiger partial charge is 0.494 e. The van der Waals surface area contributed by atoms with Gasteiger partial charge in [-0.25, -0.2) is 0 Å². The summed E-state index contributed by atoms with van der Waals surface area (Å²) >= 11 is 0. The van der Waals surface area contributed by atoms with Crippen LogP contribution >= 0.6 is 0 Å². The maximum Gasteiger partial charge on any atom is 0.494 e. The van der Waals surface area contributed by atoms with E-state index in [1.54, 1.807) is 0 Å². The monoisotopic (exact) mass is 436 g/mol. The van der Waals surface area contributed by atoms with Crippen LogP contribution in [-0.2, 0) is 25.3 Å². The molecule has 1 saturated carbocycles. The van der Waals surface area contributed by atoms with Crippen LogP contribution in [0.25, 0.3) is 0 Å². The zero-order valence-electron chi connectivity index (χ0n) is 18.4. The van der Waals surface area contributed by atoms with Crippen molar-refractivity contribution in [2.45, 2.75) is 89.5 Å². The van der Waals surface area contributed by atoms with E-state index in [0.717, 1.165) is 29.4 Å². The van der Waals surface area contributed by atoms with E-state index in [1.807, 2.05) is 39.8 Å². The highest BCUT2D eigenvalue weighted by atomic mass is 19.4. The predicted octanol–water partition coefficient (Wildman–Crippen LogP) is 4.28. The lowest BCUT2D eigenvalue weighted by Crippen LogP contribution is -2.41. The molecule has 2 aliphatic carbocycles. The summed E-state index contributed by atoms with van der Waals surface area (Å²) in [6.07, 6.45) is -3.09. The van der Waals surface area contributed by atoms with E-state index in [-0.39, 0.29) is 18.1 Å². The quantitative estimate of drug-likeness (QED) is 0.625. The fourth-order valence-corrected chi connectivity index (χ4v) is 4.62. The predicted molar refractivity (Wildman–Crippen MR) is 110 cm³/mol. The summed E-state index contributed by atoms with van der Waals surface area (Å²) < 4.78 is 50.2. The molecule has 0 unspecified atom stereocenters. The molecule has 4 rings (SSSR count). The van der Waals surface area contributed by atoms with Crippen LogP contribution in [0.1, 0.15) is 76.8 Å². The summed E-state index contributed by atoms with van der Waals surface area (Å²) in [7, 11) is -0.459. The summed E-state index contributed by atoms with van der Waals surface area (Å²) in [5.74, 6) is -2.02. The second-order valence-electron chi connectivity index (χ2n) is 10.3. The first-order valence-electron chi connectivity index (χ1n) is 10.9. The Kier molecular flexibility index (Phi) is 5.21. The fraction of sp³-hybridized carbons (Fsp3) is 0.652. The molecule has 1 atom stereocenters. The van der Waals surface area contributed by atoms with Crippen LogP contribution in [0, 0.1) is 5.41 Å². The number of carbonyl (C=O) groups is 2. The second-order valence-corrected chi connectivity index (χ2v) is 10.3. The van der Waals surface area contributed by atoms with Crippen molar-refractivity contribution in [1.29, 1.82) is 0 Å². The third-order valence-corrected chi connectivity index (χ3v) is 7.59. The van der Waals surface area contributed by atoms with E-state index in [2.05, 4.69) is 6.07 Å². The van der Waals surface area contributed by atoms with Gasteiger partial charge >= 0.3 is 13.3 Å². The first-order valence-corrected chi connectivity index (χ1v) is 10.9. The number of hydrogen-bond acceptors (Lipinski definition) is 4. The number of halogens is 3. The van der Waals surface area contributed by atoms with Crippen molar-refractivity contribution in [3.05, 3.63) is 29.3 Å². The van der Waals surface area contributed by atoms with Gasteiger partial charge < -0.3 is 9.31 Å². The van der Waals surface area contributed by atoms with Gasteiger partial charge in [-0.15, -0.1) is 0 Å². The summed E-state index contributed by atoms with van der Waals surface area (Å²) in [4.78, 5) is 24.2. The number of Topliss-reactive ketones (excluding diaryl/α,β-unsaturated/α-hetero) is 2. The van der Waals surface area contributed by atoms with Crippen molar-refractivity contribution in [2.75, 3.05) is 0 Å². The minimum Gasteiger partial charge on any atom is -0.399 e. The lowest BCUT2D eigenvalue weighted by molar-refractivity contribution is -0.172. The molecule has 1 aromatic carbocycles. The van der Waals surface area contributed by atoms with Gasteiger partial charge in [-0.1, -0.05) is 18.2 Å². The van der Waals surface area contributed by atoms with Gasteiger partial charge in [-0.3, -0.25) is 9.59 Å². The van der Waals surface area contributed by atoms with Gasteiger partial charge in [0.1, 0.15) is 5.78 Å². The number of hydrogen-bond donors (Lipinski definition) is 0. The maximum atomic E-state index is 12.8. The first-order chi connectivity index (χ1) is 14.2. The minimum absolute atomic E-state index is 0.0201. The van der Waals surface area contributed by atoms with Gasteiger partial charge in [0.25, 0.3) is 0 Å². The summed E-state index contributed by atoms with van der Waals surface area (Å²) in [5, 5.41) is 0. The smallest absolute Gasteiger partial charge is 0.399 e. The minimum atomic E-state index is -4.88. The van der Waals surface area contributed by atoms with E-state index < -0.39 is 42.1 Å². The van der Waals surface area contributed by atoms with Crippen molar-refractivity contribution < 1.29 is 32.1 Å². The van der Waals surface area contributed by atoms with E-state index in [9.17, 15) is 22.8 Å². The number of carbonyl (C=O) groups excluding carboxylic acids is 2. The van der Waals surface area contributed by atoms with Gasteiger partial charge in [-0.2, -0.15) is 13.2 Å². The topological polar surface area (TPSA) is 52.6 Å². The molecule has 0 amide bonds. The zero-order valence-corrected chi connectivity index (χ0v) is 18.4. The number of alkyl halides is 3. The van der Waals surface area contributed by atoms with E-state index in [4.69, 9.17) is 9.31 Å². The molecule has 1 aliphatic heterocycles. The summed E-state index contributed by atoms with van der Waals surface area (Å²) in [6.45, 7) is 8.00. The van der Waals surface area contributed by atoms with Gasteiger partial charge in [0.2, 0.25) is 5.78 Å². The zero-order chi connectivity index (χ0) is 22.8. The molecule has 31 heavy (non-hydrogen) atoms. The summed E-state index contributed by atoms with van der Waals surface area (Å²) in [6, 6.07) is 5.99. The molecule has 0 N–H and O–H groups in total. The SMILES string of the molecule is CC1(C)OB(c2ccc3c(c2)CC[C@@H]3CC(=O)C2(CC(=O)C(F)(F)F)CC2)OC1(C)C. The normalized spacial score (nSPS) is 25.4. The lowest BCUT2D eigenvalue weighted by Gasteiger charge is -2.32. The van der Waals surface area contributed by atoms with Crippen molar-refractivity contribution in [2.24, 2.45) is 5.41 Å². The van der Waals surface area contributed by atoms with Crippen LogP contribution in [-0.4, -0.2) is 36.1 Å². The molecule has 1 aromatic rings. The summed E-state index contributed by atoms with van der Waals surface area (Å²) in [5.41, 5.74) is 1.15. The molecular formula is C23H28BF3O4. The van der Waals surface area contributed by atoms with E-state index in [0.29, 0.717) is 12.8 Å². The maximum absolute atomic E-state index is 12.8. The third kappa shape index (κ3) is 4.09. The van der Waals surface area contributed by atoms with Gasteiger partial charge in [0.05, 0.1) is 11.2 Å². The molecule has 0 aromatic heterocycles. The van der Waals surface area contributed by atoms with Crippen LogP contribution < -0.4 is 5.46 Å². The molecule has 168 valence electrons. The molecular weight excluding hydrogens is 408 g/mol. The average molecular weight is 436 g/mol. The molecule has 3 aliphatic rings. The Morgan fingerprint density at radius 1 is 1.10 bits per heavy atom. The van der Waals surface area contributed by atoms with Crippen LogP contribution in [0.4, 0.5) is 13.2 Å². The van der Waals surface area contributed by atoms with Crippen LogP contribution in [0.2, 0.25) is 0 Å². The molecule has 0 spiro atoms. The molecule has 1 saturated heterocycles. The Bertz CT molecular complexity index is 902. The number of rotatable bonds is 6. The highest BCUT2D eigenvalue weighted by Gasteiger charge is 2.55. The van der Waals surface area contributed by atoms with Gasteiger partial charge in [-0.05, 0) is 75.9 Å². The number of fused-ring (bicyclic) bond motifs is 1. The highest BCUT2D eigenvalue weighted by Crippen LogP contribution is 2.53. The average Bonchev–Trinajstić information content (AvgIpc) is 3.27. The Hall–Kier alpha value is -1.67. The van der Waals surface area contributed by atoms with E-state index >= 15 is 0 Å². The fourth-order valence-electron chi connectivity index (χ4n) is 4.62. The molecule has 0 radical (unpaired) electrons. The van der Waals surface area contributed by atoms with Crippen molar-refractivity contribution in [1.82, 2.24) is 0 Å². The third-order valence-electron chi connectivity index (χ3n) is 7.59. The molecule has 8 heteroatoms. The lowest BCUT2D eigenvalue weighted by atomic mass is 9.77. The Labute approximate surface area is 181 Å². The van der Waals surface area contributed by atoms with Crippen molar-refractivity contribution in [3.8, 4) is 0 Å². The molecule has 0 bridgehead atoms. The van der Waals surface area contributed by atoms with Crippen LogP contribution in [0.5, 0.6) is 0 Å². The van der Waals surface area contributed by atoms with Crippen molar-refractivity contribution >= 4 is 24.1 Å². The molecule has 4 nitrogen and oxygen atoms in total. The Balaban J connectivity index is 1.44. The number of benzene rings is 1. The van der Waals surface area contributed by atoms with E-state index in [1.165, 1.54) is 0 Å². The standard InChI is InChI=1S/C23H28BF3O4/c1-20(2)21(3,4)31-24(30-20)16-7-8-17-14(11-16)5-6-15(17)12-18(28)22(9-10-22)13-19(29)23(25,26)27/h7-8,11,15H,5-6,9-10,12-13H2,1-4H3/t15-/m1/s1. The first kappa shape index (κ1) is 22.5. The Morgan fingerprint density at radius 2 is 1.71 bits per heavy atom. The number of ketones is 2. The van der Waals surface area contributed by atoms with Gasteiger partial charge in [0.15, 0.2) is 0 Å². The second kappa shape index (κ2) is 7.17. The molecule has 2 fully saturated rings. The molecule has 1 heterocycles. The van der Waals surface area contributed by atoms with Crippen LogP contribution in [0.3, 0.4) is 0 Å². The van der Waals surface area contributed by atoms with Gasteiger partial charge in [0, 0.05) is 18.3 Å².